The van der Waals surface area contributed by atoms with Gasteiger partial charge in [0.25, 0.3) is 5.91 Å². The van der Waals surface area contributed by atoms with Crippen LogP contribution in [0, 0.1) is 5.92 Å². The molecule has 0 saturated carbocycles. The number of nitrogens with one attached hydrogen (secondary N) is 1. The monoisotopic (exact) mass is 737 g/mol. The lowest BCUT2D eigenvalue weighted by Gasteiger charge is -2.38. The Morgan fingerprint density at radius 1 is 0.673 bits per heavy atom. The van der Waals surface area contributed by atoms with Gasteiger partial charge in [-0.05, 0) is 127 Å². The summed E-state index contributed by atoms with van der Waals surface area (Å²) < 4.78 is 0. The summed E-state index contributed by atoms with van der Waals surface area (Å²) >= 11 is 0. The van der Waals surface area contributed by atoms with Gasteiger partial charge in [0.2, 0.25) is 11.8 Å². The highest BCUT2D eigenvalue weighted by molar-refractivity contribution is 6.05. The van der Waals surface area contributed by atoms with Crippen molar-refractivity contribution in [2.45, 2.75) is 69.4 Å². The number of carbonyl (C=O) groups is 3. The van der Waals surface area contributed by atoms with Crippen LogP contribution in [0.3, 0.4) is 0 Å². The molecule has 9 nitrogen and oxygen atoms in total. The lowest BCUT2D eigenvalue weighted by molar-refractivity contribution is -0.136. The van der Waals surface area contributed by atoms with Gasteiger partial charge < -0.3 is 19.8 Å². The van der Waals surface area contributed by atoms with E-state index in [0.717, 1.165) is 75.8 Å². The zero-order chi connectivity index (χ0) is 37.5. The number of anilines is 2. The average molecular weight is 738 g/mol. The number of rotatable bonds is 8. The third kappa shape index (κ3) is 7.22. The highest BCUT2D eigenvalue weighted by atomic mass is 16.3. The number of hydrogen-bond donors (Lipinski definition) is 2. The Kier molecular flexibility index (Phi) is 9.81. The highest BCUT2D eigenvalue weighted by Crippen LogP contribution is 2.47. The largest absolute Gasteiger partial charge is 0.508 e. The molecule has 9 rings (SSSR count). The fourth-order valence-electron chi connectivity index (χ4n) is 10.0. The molecule has 4 heterocycles. The van der Waals surface area contributed by atoms with Gasteiger partial charge >= 0.3 is 0 Å². The molecule has 4 aromatic carbocycles. The maximum absolute atomic E-state index is 13.1. The van der Waals surface area contributed by atoms with Gasteiger partial charge in [0.15, 0.2) is 0 Å². The van der Waals surface area contributed by atoms with Gasteiger partial charge in [-0.1, -0.05) is 48.5 Å². The Bertz CT molecular complexity index is 2050. The SMILES string of the molecule is O=C1CCC(N2Cc3cc(N4CCN(CCC5CCN(c6ccc([C@@H]7c8ccc(O)cc8CC[C@@H]7c7ccccc7)cc6)CC5)CC4)ccc3C2=O)C(=O)N1. The van der Waals surface area contributed by atoms with Crippen molar-refractivity contribution in [2.75, 3.05) is 55.6 Å². The van der Waals surface area contributed by atoms with E-state index >= 15 is 0 Å². The normalized spacial score (nSPS) is 23.5. The predicted octanol–water partition coefficient (Wildman–Crippen LogP) is 6.44. The Labute approximate surface area is 323 Å². The molecule has 0 radical (unpaired) electrons. The molecule has 1 aliphatic carbocycles. The molecule has 4 aromatic rings. The minimum absolute atomic E-state index is 0.119. The zero-order valence-corrected chi connectivity index (χ0v) is 31.5. The van der Waals surface area contributed by atoms with Gasteiger partial charge in [-0.25, -0.2) is 0 Å². The van der Waals surface area contributed by atoms with Crippen molar-refractivity contribution in [1.82, 2.24) is 15.1 Å². The lowest BCUT2D eigenvalue weighted by atomic mass is 9.69. The summed E-state index contributed by atoms with van der Waals surface area (Å²) in [5.41, 5.74) is 9.43. The number of benzene rings is 4. The second kappa shape index (κ2) is 15.2. The van der Waals surface area contributed by atoms with Crippen LogP contribution >= 0.6 is 0 Å². The number of aromatic hydroxyl groups is 1. The first-order valence-corrected chi connectivity index (χ1v) is 20.3. The summed E-state index contributed by atoms with van der Waals surface area (Å²) in [6.45, 7) is 7.71. The van der Waals surface area contributed by atoms with Crippen LogP contribution in [0.25, 0.3) is 0 Å². The molecule has 2 N–H and O–H groups in total. The number of hydrogen-bond acceptors (Lipinski definition) is 7. The maximum Gasteiger partial charge on any atom is 0.255 e. The summed E-state index contributed by atoms with van der Waals surface area (Å²) in [5.74, 6) is 1.03. The van der Waals surface area contributed by atoms with Crippen LogP contribution in [0.4, 0.5) is 11.4 Å². The minimum Gasteiger partial charge on any atom is -0.508 e. The topological polar surface area (TPSA) is 96.4 Å². The van der Waals surface area contributed by atoms with Crippen LogP contribution in [-0.4, -0.2) is 84.5 Å². The second-order valence-electron chi connectivity index (χ2n) is 16.3. The Hall–Kier alpha value is -5.15. The molecule has 0 bridgehead atoms. The van der Waals surface area contributed by atoms with Crippen molar-refractivity contribution in [1.29, 1.82) is 0 Å². The van der Waals surface area contributed by atoms with Crippen molar-refractivity contribution >= 4 is 29.1 Å². The molecule has 3 fully saturated rings. The number of phenolic OH excluding ortho intramolecular Hbond substituents is 1. The number of amides is 3. The fourth-order valence-corrected chi connectivity index (χ4v) is 10.0. The smallest absolute Gasteiger partial charge is 0.255 e. The first-order chi connectivity index (χ1) is 26.9. The summed E-state index contributed by atoms with van der Waals surface area (Å²) in [4.78, 5) is 46.4. The van der Waals surface area contributed by atoms with E-state index in [1.165, 1.54) is 47.2 Å². The zero-order valence-electron chi connectivity index (χ0n) is 31.5. The second-order valence-corrected chi connectivity index (χ2v) is 16.3. The summed E-state index contributed by atoms with van der Waals surface area (Å²) in [7, 11) is 0. The Morgan fingerprint density at radius 3 is 2.18 bits per heavy atom. The molecule has 0 aromatic heterocycles. The first-order valence-electron chi connectivity index (χ1n) is 20.3. The van der Waals surface area contributed by atoms with Crippen LogP contribution in [-0.2, 0) is 22.6 Å². The summed E-state index contributed by atoms with van der Waals surface area (Å²) in [6.07, 6.45) is 6.39. The van der Waals surface area contributed by atoms with Gasteiger partial charge in [0, 0.05) is 75.1 Å². The average Bonchev–Trinajstić information content (AvgIpc) is 3.55. The molecule has 9 heteroatoms. The van der Waals surface area contributed by atoms with E-state index in [1.807, 2.05) is 24.3 Å². The van der Waals surface area contributed by atoms with E-state index in [1.54, 1.807) is 4.90 Å². The number of nitrogens with zero attached hydrogens (tertiary/aromatic N) is 4. The number of piperazine rings is 1. The first kappa shape index (κ1) is 35.5. The van der Waals surface area contributed by atoms with E-state index in [4.69, 9.17) is 0 Å². The van der Waals surface area contributed by atoms with Crippen LogP contribution in [0.2, 0.25) is 0 Å². The Morgan fingerprint density at radius 2 is 1.42 bits per heavy atom. The molecular formula is C46H51N5O4. The standard InChI is InChI=1S/C46H51N5O4/c52-38-12-15-40-34(29-38)8-13-39(32-4-2-1-3-5-32)44(40)33-6-9-36(10-7-33)49-22-19-31(20-23-49)18-21-48-24-26-50(27-25-48)37-11-14-41-35(28-37)30-51(46(41)55)42-16-17-43(53)47-45(42)54/h1-7,9-12,14-15,28-29,31,39,42,44,52H,8,13,16-27,30H2,(H,47,53,54)/t39-,42?,44+/m1/s1. The maximum atomic E-state index is 13.1. The fraction of sp³-hybridized carbons (Fsp3) is 0.413. The molecule has 5 aliphatic rings. The molecule has 1 unspecified atom stereocenters. The van der Waals surface area contributed by atoms with Crippen molar-refractivity contribution < 1.29 is 19.5 Å². The van der Waals surface area contributed by atoms with Crippen molar-refractivity contribution in [3.05, 3.63) is 124 Å². The third-order valence-electron chi connectivity index (χ3n) is 13.1. The predicted molar refractivity (Wildman–Crippen MR) is 215 cm³/mol. The van der Waals surface area contributed by atoms with E-state index in [2.05, 4.69) is 86.7 Å². The van der Waals surface area contributed by atoms with E-state index in [0.29, 0.717) is 30.2 Å². The number of fused-ring (bicyclic) bond motifs is 2. The van der Waals surface area contributed by atoms with Gasteiger partial charge in [-0.2, -0.15) is 0 Å². The van der Waals surface area contributed by atoms with Crippen molar-refractivity contribution in [3.63, 3.8) is 0 Å². The minimum atomic E-state index is -0.583. The van der Waals surface area contributed by atoms with Crippen LogP contribution in [0.5, 0.6) is 5.75 Å². The highest BCUT2D eigenvalue weighted by Gasteiger charge is 2.39. The number of aryl methyl sites for hydroxylation is 1. The third-order valence-corrected chi connectivity index (χ3v) is 13.1. The van der Waals surface area contributed by atoms with Gasteiger partial charge in [0.05, 0.1) is 0 Å². The molecular weight excluding hydrogens is 687 g/mol. The van der Waals surface area contributed by atoms with Crippen LogP contribution in [0.1, 0.15) is 88.5 Å². The summed E-state index contributed by atoms with van der Waals surface area (Å²) in [6, 6.07) is 31.7. The summed E-state index contributed by atoms with van der Waals surface area (Å²) in [5, 5.41) is 12.6. The van der Waals surface area contributed by atoms with Gasteiger partial charge in [-0.15, -0.1) is 0 Å². The van der Waals surface area contributed by atoms with E-state index in [-0.39, 0.29) is 30.1 Å². The Balaban J connectivity index is 0.756. The van der Waals surface area contributed by atoms with Crippen molar-refractivity contribution in [3.8, 4) is 5.75 Å². The molecule has 55 heavy (non-hydrogen) atoms. The van der Waals surface area contributed by atoms with E-state index < -0.39 is 6.04 Å². The lowest BCUT2D eigenvalue weighted by Crippen LogP contribution is -2.52. The number of carbonyl (C=O) groups excluding carboxylic acids is 3. The van der Waals surface area contributed by atoms with E-state index in [9.17, 15) is 19.5 Å². The van der Waals surface area contributed by atoms with Crippen LogP contribution < -0.4 is 15.1 Å². The molecule has 3 saturated heterocycles. The van der Waals surface area contributed by atoms with Crippen LogP contribution in [0.15, 0.2) is 91.0 Å². The molecule has 0 spiro atoms. The number of phenols is 1. The number of imide groups is 1. The van der Waals surface area contributed by atoms with Gasteiger partial charge in [-0.3, -0.25) is 24.6 Å². The van der Waals surface area contributed by atoms with Crippen molar-refractivity contribution in [2.24, 2.45) is 5.92 Å². The molecule has 3 atom stereocenters. The number of piperidine rings is 2. The molecule has 4 aliphatic heterocycles. The molecule has 284 valence electrons. The van der Waals surface area contributed by atoms with Gasteiger partial charge in [0.1, 0.15) is 11.8 Å². The quantitative estimate of drug-likeness (QED) is 0.201. The molecule has 3 amide bonds.